The van der Waals surface area contributed by atoms with Gasteiger partial charge < -0.3 is 5.32 Å². The Morgan fingerprint density at radius 3 is 2.17 bits per heavy atom. The highest BCUT2D eigenvalue weighted by molar-refractivity contribution is 9.10. The van der Waals surface area contributed by atoms with Crippen molar-refractivity contribution in [3.8, 4) is 0 Å². The maximum atomic E-state index is 12.9. The molecule has 0 bridgehead atoms. The van der Waals surface area contributed by atoms with Crippen molar-refractivity contribution in [1.82, 2.24) is 4.72 Å². The van der Waals surface area contributed by atoms with Crippen LogP contribution < -0.4 is 10.0 Å². The summed E-state index contributed by atoms with van der Waals surface area (Å²) in [5.41, 5.74) is 1.36. The summed E-state index contributed by atoms with van der Waals surface area (Å²) in [6.07, 6.45) is 0.204. The van der Waals surface area contributed by atoms with Gasteiger partial charge in [0.25, 0.3) is 0 Å². The molecule has 3 rings (SSSR count). The first kappa shape index (κ1) is 21.5. The second-order valence-electron chi connectivity index (χ2n) is 6.31. The minimum absolute atomic E-state index is 0.0815. The van der Waals surface area contributed by atoms with E-state index in [1.54, 1.807) is 36.4 Å². The van der Waals surface area contributed by atoms with Gasteiger partial charge in [-0.15, -0.1) is 0 Å². The van der Waals surface area contributed by atoms with Crippen molar-refractivity contribution in [2.75, 3.05) is 5.32 Å². The van der Waals surface area contributed by atoms with E-state index >= 15 is 0 Å². The molecule has 0 heterocycles. The van der Waals surface area contributed by atoms with Crippen molar-refractivity contribution in [2.24, 2.45) is 0 Å². The zero-order valence-corrected chi connectivity index (χ0v) is 18.3. The molecule has 0 aliphatic heterocycles. The zero-order valence-electron chi connectivity index (χ0n) is 15.2. The minimum Gasteiger partial charge on any atom is -0.325 e. The third kappa shape index (κ3) is 6.14. The van der Waals surface area contributed by atoms with Gasteiger partial charge in [0, 0.05) is 15.2 Å². The minimum atomic E-state index is -3.89. The molecule has 1 atom stereocenters. The molecule has 0 saturated carbocycles. The van der Waals surface area contributed by atoms with E-state index in [0.717, 1.165) is 10.0 Å². The van der Waals surface area contributed by atoms with E-state index in [2.05, 4.69) is 26.0 Å². The number of benzene rings is 3. The molecule has 0 fully saturated rings. The second kappa shape index (κ2) is 9.54. The highest BCUT2D eigenvalue weighted by Crippen LogP contribution is 2.17. The Bertz CT molecular complexity index is 1070. The first-order valence-electron chi connectivity index (χ1n) is 8.72. The lowest BCUT2D eigenvalue weighted by atomic mass is 10.1. The number of rotatable bonds is 7. The molecular formula is C21H18BrClN2O3S. The SMILES string of the molecule is O=C(Nc1ccc(Cl)cc1)[C@H](Cc1ccccc1)NS(=O)(=O)c1ccc(Br)cc1. The van der Waals surface area contributed by atoms with Crippen molar-refractivity contribution in [3.05, 3.63) is 93.9 Å². The van der Waals surface area contributed by atoms with Gasteiger partial charge in [0.1, 0.15) is 6.04 Å². The quantitative estimate of drug-likeness (QED) is 0.504. The van der Waals surface area contributed by atoms with Crippen LogP contribution in [-0.2, 0) is 21.2 Å². The van der Waals surface area contributed by atoms with Crippen molar-refractivity contribution < 1.29 is 13.2 Å². The number of halogens is 2. The summed E-state index contributed by atoms with van der Waals surface area (Å²) in [7, 11) is -3.89. The molecule has 2 N–H and O–H groups in total. The molecular weight excluding hydrogens is 476 g/mol. The van der Waals surface area contributed by atoms with Gasteiger partial charge in [0.2, 0.25) is 15.9 Å². The molecule has 1 amide bonds. The molecule has 0 spiro atoms. The van der Waals surface area contributed by atoms with Crippen LogP contribution in [0.1, 0.15) is 5.56 Å². The highest BCUT2D eigenvalue weighted by Gasteiger charge is 2.26. The van der Waals surface area contributed by atoms with Crippen molar-refractivity contribution in [3.63, 3.8) is 0 Å². The van der Waals surface area contributed by atoms with Crippen molar-refractivity contribution in [2.45, 2.75) is 17.4 Å². The first-order chi connectivity index (χ1) is 13.8. The number of nitrogens with one attached hydrogen (secondary N) is 2. The van der Waals surface area contributed by atoms with E-state index in [0.29, 0.717) is 10.7 Å². The van der Waals surface area contributed by atoms with Gasteiger partial charge in [-0.05, 0) is 60.5 Å². The summed E-state index contributed by atoms with van der Waals surface area (Å²) < 4.78 is 28.9. The summed E-state index contributed by atoms with van der Waals surface area (Å²) >= 11 is 9.16. The van der Waals surface area contributed by atoms with Crippen LogP contribution in [0.5, 0.6) is 0 Å². The van der Waals surface area contributed by atoms with Crippen LogP contribution in [0.2, 0.25) is 5.02 Å². The largest absolute Gasteiger partial charge is 0.325 e. The van der Waals surface area contributed by atoms with E-state index in [1.807, 2.05) is 30.3 Å². The lowest BCUT2D eigenvalue weighted by Gasteiger charge is -2.19. The molecule has 8 heteroatoms. The van der Waals surface area contributed by atoms with Crippen molar-refractivity contribution >= 4 is 49.1 Å². The monoisotopic (exact) mass is 492 g/mol. The molecule has 3 aromatic carbocycles. The van der Waals surface area contributed by atoms with Crippen LogP contribution in [0.15, 0.2) is 88.2 Å². The fourth-order valence-corrected chi connectivity index (χ4v) is 4.26. The number of amides is 1. The van der Waals surface area contributed by atoms with Gasteiger partial charge in [-0.25, -0.2) is 8.42 Å². The number of anilines is 1. The summed E-state index contributed by atoms with van der Waals surface area (Å²) in [6.45, 7) is 0. The van der Waals surface area contributed by atoms with Gasteiger partial charge >= 0.3 is 0 Å². The summed E-state index contributed by atoms with van der Waals surface area (Å²) in [6, 6.07) is 21.1. The maximum absolute atomic E-state index is 12.9. The van der Waals surface area contributed by atoms with Crippen LogP contribution in [-0.4, -0.2) is 20.4 Å². The van der Waals surface area contributed by atoms with Gasteiger partial charge in [0.05, 0.1) is 4.90 Å². The van der Waals surface area contributed by atoms with Crippen LogP contribution in [0.4, 0.5) is 5.69 Å². The van der Waals surface area contributed by atoms with E-state index in [-0.39, 0.29) is 11.3 Å². The Morgan fingerprint density at radius 2 is 1.55 bits per heavy atom. The van der Waals surface area contributed by atoms with Crippen LogP contribution in [0, 0.1) is 0 Å². The molecule has 150 valence electrons. The molecule has 29 heavy (non-hydrogen) atoms. The normalized spacial score (nSPS) is 12.3. The summed E-state index contributed by atoms with van der Waals surface area (Å²) in [5.74, 6) is -0.461. The van der Waals surface area contributed by atoms with E-state index < -0.39 is 22.0 Å². The Balaban J connectivity index is 1.84. The lowest BCUT2D eigenvalue weighted by molar-refractivity contribution is -0.117. The molecule has 0 aliphatic carbocycles. The van der Waals surface area contributed by atoms with Gasteiger partial charge in [-0.3, -0.25) is 4.79 Å². The number of carbonyl (C=O) groups excluding carboxylic acids is 1. The van der Waals surface area contributed by atoms with Gasteiger partial charge in [-0.1, -0.05) is 57.9 Å². The number of carbonyl (C=O) groups is 1. The van der Waals surface area contributed by atoms with Crippen LogP contribution in [0.25, 0.3) is 0 Å². The molecule has 0 unspecified atom stereocenters. The van der Waals surface area contributed by atoms with Crippen molar-refractivity contribution in [1.29, 1.82) is 0 Å². The summed E-state index contributed by atoms with van der Waals surface area (Å²) in [5, 5.41) is 3.28. The average molecular weight is 494 g/mol. The van der Waals surface area contributed by atoms with E-state index in [4.69, 9.17) is 11.6 Å². The molecule has 3 aromatic rings. The maximum Gasteiger partial charge on any atom is 0.242 e. The number of sulfonamides is 1. The molecule has 0 radical (unpaired) electrons. The third-order valence-electron chi connectivity index (χ3n) is 4.13. The Kier molecular flexibility index (Phi) is 7.08. The smallest absolute Gasteiger partial charge is 0.242 e. The predicted octanol–water partition coefficient (Wildman–Crippen LogP) is 4.63. The zero-order chi connectivity index (χ0) is 20.9. The highest BCUT2D eigenvalue weighted by atomic mass is 79.9. The van der Waals surface area contributed by atoms with Gasteiger partial charge in [-0.2, -0.15) is 4.72 Å². The number of hydrogen-bond donors (Lipinski definition) is 2. The third-order valence-corrected chi connectivity index (χ3v) is 6.40. The standard InChI is InChI=1S/C21H18BrClN2O3S/c22-16-6-12-19(13-7-16)29(27,28)25-20(14-15-4-2-1-3-5-15)21(26)24-18-10-8-17(23)9-11-18/h1-13,20,25H,14H2,(H,24,26)/t20-/m0/s1. The number of hydrogen-bond acceptors (Lipinski definition) is 3. The fraction of sp³-hybridized carbons (Fsp3) is 0.0952. The average Bonchev–Trinajstić information content (AvgIpc) is 2.70. The molecule has 0 aliphatic rings. The Hall–Kier alpha value is -2.19. The predicted molar refractivity (Wildman–Crippen MR) is 118 cm³/mol. The van der Waals surface area contributed by atoms with Gasteiger partial charge in [0.15, 0.2) is 0 Å². The second-order valence-corrected chi connectivity index (χ2v) is 9.38. The van der Waals surface area contributed by atoms with Crippen LogP contribution in [0.3, 0.4) is 0 Å². The molecule has 5 nitrogen and oxygen atoms in total. The fourth-order valence-electron chi connectivity index (χ4n) is 2.67. The Labute approximate surface area is 183 Å². The molecule has 0 aromatic heterocycles. The first-order valence-corrected chi connectivity index (χ1v) is 11.4. The lowest BCUT2D eigenvalue weighted by Crippen LogP contribution is -2.45. The molecule has 0 saturated heterocycles. The van der Waals surface area contributed by atoms with E-state index in [1.165, 1.54) is 12.1 Å². The topological polar surface area (TPSA) is 75.3 Å². The summed E-state index contributed by atoms with van der Waals surface area (Å²) in [4.78, 5) is 13.0. The van der Waals surface area contributed by atoms with E-state index in [9.17, 15) is 13.2 Å². The Morgan fingerprint density at radius 1 is 0.931 bits per heavy atom. The van der Waals surface area contributed by atoms with Crippen LogP contribution >= 0.6 is 27.5 Å².